The van der Waals surface area contributed by atoms with Crippen LogP contribution in [0.3, 0.4) is 0 Å². The van der Waals surface area contributed by atoms with Gasteiger partial charge in [0, 0.05) is 33.0 Å². The second-order valence-electron chi connectivity index (χ2n) is 4.95. The van der Waals surface area contributed by atoms with Gasteiger partial charge in [0.05, 0.1) is 0 Å². The van der Waals surface area contributed by atoms with Gasteiger partial charge < -0.3 is 19.2 Å². The summed E-state index contributed by atoms with van der Waals surface area (Å²) in [6, 6.07) is 7.55. The molecule has 1 fully saturated rings. The van der Waals surface area contributed by atoms with Gasteiger partial charge in [-0.25, -0.2) is 9.78 Å². The number of para-hydroxylation sites is 2. The quantitative estimate of drug-likeness (QED) is 0.911. The molecule has 0 aliphatic carbocycles. The fourth-order valence-corrected chi connectivity index (χ4v) is 2.63. The number of carboxylic acid groups (broad SMARTS) is 1. The van der Waals surface area contributed by atoms with Crippen molar-refractivity contribution in [3.05, 3.63) is 30.2 Å². The Morgan fingerprint density at radius 2 is 2.10 bits per heavy atom. The van der Waals surface area contributed by atoms with Crippen LogP contribution in [-0.2, 0) is 10.3 Å². The number of aromatic nitrogens is 1. The molecule has 0 spiro atoms. The highest BCUT2D eigenvalue weighted by atomic mass is 16.5. The van der Waals surface area contributed by atoms with E-state index < -0.39 is 11.7 Å². The van der Waals surface area contributed by atoms with Crippen LogP contribution in [0.15, 0.2) is 28.7 Å². The van der Waals surface area contributed by atoms with Gasteiger partial charge in [-0.15, -0.1) is 0 Å². The van der Waals surface area contributed by atoms with Crippen LogP contribution in [0.5, 0.6) is 0 Å². The van der Waals surface area contributed by atoms with Gasteiger partial charge in [-0.1, -0.05) is 12.1 Å². The third-order valence-corrected chi connectivity index (χ3v) is 3.92. The predicted octanol–water partition coefficient (Wildman–Crippen LogP) is 2.44. The van der Waals surface area contributed by atoms with Crippen LogP contribution in [0.1, 0.15) is 18.7 Å². The first-order valence-electron chi connectivity index (χ1n) is 6.54. The lowest BCUT2D eigenvalue weighted by molar-refractivity contribution is -0.0752. The Labute approximate surface area is 116 Å². The lowest BCUT2D eigenvalue weighted by Crippen LogP contribution is -2.45. The van der Waals surface area contributed by atoms with Gasteiger partial charge in [0.15, 0.2) is 5.58 Å². The predicted molar refractivity (Wildman–Crippen MR) is 71.5 cm³/mol. The van der Waals surface area contributed by atoms with Crippen LogP contribution in [-0.4, -0.2) is 41.3 Å². The largest absolute Gasteiger partial charge is 0.465 e. The molecule has 1 aliphatic heterocycles. The zero-order chi connectivity index (χ0) is 14.2. The lowest BCUT2D eigenvalue weighted by Gasteiger charge is -2.37. The number of rotatable bonds is 2. The third-order valence-electron chi connectivity index (χ3n) is 3.92. The molecule has 1 aliphatic rings. The molecule has 106 valence electrons. The van der Waals surface area contributed by atoms with E-state index in [2.05, 4.69) is 4.98 Å². The monoisotopic (exact) mass is 276 g/mol. The number of carbonyl (C=O) groups is 1. The number of oxazole rings is 1. The normalized spacial score (nSPS) is 18.4. The number of methoxy groups -OCH3 is 1. The van der Waals surface area contributed by atoms with Crippen LogP contribution < -0.4 is 0 Å². The molecule has 6 heteroatoms. The van der Waals surface area contributed by atoms with Crippen LogP contribution in [0, 0.1) is 0 Å². The molecule has 1 N–H and O–H groups in total. The Kier molecular flexibility index (Phi) is 3.10. The maximum atomic E-state index is 11.0. The van der Waals surface area contributed by atoms with Crippen LogP contribution in [0.25, 0.3) is 11.1 Å². The number of benzene rings is 1. The average Bonchev–Trinajstić information content (AvgIpc) is 2.91. The second-order valence-corrected chi connectivity index (χ2v) is 4.95. The summed E-state index contributed by atoms with van der Waals surface area (Å²) in [6.45, 7) is 0.837. The molecule has 1 aromatic carbocycles. The molecule has 1 saturated heterocycles. The Balaban J connectivity index is 1.91. The lowest BCUT2D eigenvalue weighted by atomic mass is 9.91. The summed E-state index contributed by atoms with van der Waals surface area (Å²) in [6.07, 6.45) is 0.192. The van der Waals surface area contributed by atoms with E-state index in [4.69, 9.17) is 14.3 Å². The van der Waals surface area contributed by atoms with Gasteiger partial charge >= 0.3 is 6.09 Å². The fraction of sp³-hybridized carbons (Fsp3) is 0.429. The molecule has 3 rings (SSSR count). The first kappa shape index (κ1) is 12.9. The molecule has 1 amide bonds. The van der Waals surface area contributed by atoms with E-state index in [0.717, 1.165) is 11.1 Å². The summed E-state index contributed by atoms with van der Waals surface area (Å²) in [7, 11) is 1.62. The van der Waals surface area contributed by atoms with E-state index in [9.17, 15) is 4.79 Å². The van der Waals surface area contributed by atoms with Crippen molar-refractivity contribution in [1.29, 1.82) is 0 Å². The Hall–Kier alpha value is -2.08. The standard InChI is InChI=1S/C14H16N2O4/c1-19-14(6-8-16(9-7-14)13(17)18)12-15-10-4-2-3-5-11(10)20-12/h2-5H,6-9H2,1H3,(H,17,18). The maximum Gasteiger partial charge on any atom is 0.407 e. The van der Waals surface area contributed by atoms with Crippen LogP contribution in [0.4, 0.5) is 4.79 Å². The SMILES string of the molecule is COC1(c2nc3ccccc3o2)CCN(C(=O)O)CC1. The van der Waals surface area contributed by atoms with E-state index in [1.165, 1.54) is 4.90 Å². The van der Waals surface area contributed by atoms with E-state index >= 15 is 0 Å². The summed E-state index contributed by atoms with van der Waals surface area (Å²) >= 11 is 0. The summed E-state index contributed by atoms with van der Waals surface area (Å²) in [5.41, 5.74) is 0.879. The summed E-state index contributed by atoms with van der Waals surface area (Å²) in [5.74, 6) is 0.534. The van der Waals surface area contributed by atoms with Gasteiger partial charge in [0.25, 0.3) is 0 Å². The zero-order valence-corrected chi connectivity index (χ0v) is 11.2. The molecule has 20 heavy (non-hydrogen) atoms. The molecular weight excluding hydrogens is 260 g/mol. The Morgan fingerprint density at radius 3 is 2.70 bits per heavy atom. The summed E-state index contributed by atoms with van der Waals surface area (Å²) in [4.78, 5) is 16.9. The Morgan fingerprint density at radius 1 is 1.40 bits per heavy atom. The van der Waals surface area contributed by atoms with Crippen molar-refractivity contribution in [2.75, 3.05) is 20.2 Å². The van der Waals surface area contributed by atoms with Gasteiger partial charge in [-0.2, -0.15) is 0 Å². The highest BCUT2D eigenvalue weighted by Gasteiger charge is 2.41. The number of likely N-dealkylation sites (tertiary alicyclic amines) is 1. The second kappa shape index (κ2) is 4.79. The fourth-order valence-electron chi connectivity index (χ4n) is 2.63. The van der Waals surface area contributed by atoms with Gasteiger partial charge in [0.2, 0.25) is 5.89 Å². The highest BCUT2D eigenvalue weighted by molar-refractivity contribution is 5.72. The molecule has 6 nitrogen and oxygen atoms in total. The van der Waals surface area contributed by atoms with Crippen LogP contribution in [0.2, 0.25) is 0 Å². The van der Waals surface area contributed by atoms with Crippen molar-refractivity contribution in [2.24, 2.45) is 0 Å². The van der Waals surface area contributed by atoms with Gasteiger partial charge in [-0.3, -0.25) is 0 Å². The molecule has 0 bridgehead atoms. The van der Waals surface area contributed by atoms with E-state index in [1.54, 1.807) is 7.11 Å². The first-order chi connectivity index (χ1) is 9.64. The van der Waals surface area contributed by atoms with Crippen molar-refractivity contribution in [1.82, 2.24) is 9.88 Å². The molecule has 2 heterocycles. The zero-order valence-electron chi connectivity index (χ0n) is 11.2. The maximum absolute atomic E-state index is 11.0. The number of amides is 1. The van der Waals surface area contributed by atoms with Crippen molar-refractivity contribution in [2.45, 2.75) is 18.4 Å². The molecule has 0 saturated carbocycles. The van der Waals surface area contributed by atoms with Crippen molar-refractivity contribution < 1.29 is 19.1 Å². The van der Waals surface area contributed by atoms with Crippen molar-refractivity contribution >= 4 is 17.2 Å². The average molecular weight is 276 g/mol. The van der Waals surface area contributed by atoms with E-state index in [-0.39, 0.29) is 0 Å². The number of hydrogen-bond donors (Lipinski definition) is 1. The molecule has 2 aromatic rings. The topological polar surface area (TPSA) is 75.8 Å². The number of hydrogen-bond acceptors (Lipinski definition) is 4. The third kappa shape index (κ3) is 2.02. The molecule has 1 aromatic heterocycles. The minimum Gasteiger partial charge on any atom is -0.465 e. The van der Waals surface area contributed by atoms with Crippen molar-refractivity contribution in [3.8, 4) is 0 Å². The number of fused-ring (bicyclic) bond motifs is 1. The Bertz CT molecular complexity index is 596. The highest BCUT2D eigenvalue weighted by Crippen LogP contribution is 2.37. The minimum atomic E-state index is -0.896. The number of piperidine rings is 1. The number of nitrogens with zero attached hydrogens (tertiary/aromatic N) is 2. The molecule has 0 radical (unpaired) electrons. The summed E-state index contributed by atoms with van der Waals surface area (Å²) in [5, 5.41) is 9.01. The van der Waals surface area contributed by atoms with Crippen LogP contribution >= 0.6 is 0 Å². The molecular formula is C14H16N2O4. The smallest absolute Gasteiger partial charge is 0.407 e. The first-order valence-corrected chi connectivity index (χ1v) is 6.54. The number of ether oxygens (including phenoxy) is 1. The van der Waals surface area contributed by atoms with E-state index in [1.807, 2.05) is 24.3 Å². The summed E-state index contributed by atoms with van der Waals surface area (Å²) < 4.78 is 11.4. The minimum absolute atomic E-state index is 0.419. The van der Waals surface area contributed by atoms with Crippen molar-refractivity contribution in [3.63, 3.8) is 0 Å². The van der Waals surface area contributed by atoms with Gasteiger partial charge in [0.1, 0.15) is 11.1 Å². The molecule has 0 atom stereocenters. The van der Waals surface area contributed by atoms with Gasteiger partial charge in [-0.05, 0) is 12.1 Å². The molecule has 0 unspecified atom stereocenters. The van der Waals surface area contributed by atoms with E-state index in [0.29, 0.717) is 31.8 Å².